The number of benzene rings is 1. The summed E-state index contributed by atoms with van der Waals surface area (Å²) in [4.78, 5) is 11.3. The van der Waals surface area contributed by atoms with Gasteiger partial charge in [-0.15, -0.1) is 0 Å². The lowest BCUT2D eigenvalue weighted by Crippen LogP contribution is -2.56. The van der Waals surface area contributed by atoms with Crippen LogP contribution in [-0.2, 0) is 0 Å². The Morgan fingerprint density at radius 3 is 2.05 bits per heavy atom. The van der Waals surface area contributed by atoms with E-state index >= 15 is 0 Å². The Hall–Kier alpha value is -1.32. The topological polar surface area (TPSA) is 26.3 Å². The van der Waals surface area contributed by atoms with E-state index in [0.717, 1.165) is 13.2 Å². The van der Waals surface area contributed by atoms with Crippen LogP contribution in [0.5, 0.6) is 5.75 Å². The second-order valence-corrected chi connectivity index (χ2v) is 4.68. The maximum Gasteiger partial charge on any atom is 0.460 e. The summed E-state index contributed by atoms with van der Waals surface area (Å²) < 4.78 is 92.9. The van der Waals surface area contributed by atoms with Gasteiger partial charge in [0, 0.05) is 5.56 Å². The van der Waals surface area contributed by atoms with Crippen LogP contribution >= 0.6 is 15.9 Å². The van der Waals surface area contributed by atoms with E-state index in [2.05, 4.69) is 20.7 Å². The number of Topliss-reactive ketones (excluding diaryl/α,β-unsaturated/α-hetero) is 1. The first kappa shape index (κ1) is 17.7. The molecule has 0 amide bonds. The summed E-state index contributed by atoms with van der Waals surface area (Å²) >= 11 is 2.91. The number of halogens is 8. The molecule has 10 heteroatoms. The van der Waals surface area contributed by atoms with E-state index in [0.29, 0.717) is 12.1 Å². The molecular weight excluding hydrogens is 377 g/mol. The SMILES string of the molecule is COc1cc(C(=O)C(F)(F)C(F)(F)C(F)(F)F)ccc1Br. The first-order valence-electron chi connectivity index (χ1n) is 5.07. The van der Waals surface area contributed by atoms with Crippen LogP contribution in [0.15, 0.2) is 22.7 Å². The number of rotatable bonds is 4. The minimum Gasteiger partial charge on any atom is -0.496 e. The summed E-state index contributed by atoms with van der Waals surface area (Å²) in [6.45, 7) is 0. The molecule has 2 nitrogen and oxygen atoms in total. The van der Waals surface area contributed by atoms with E-state index in [1.165, 1.54) is 0 Å². The summed E-state index contributed by atoms with van der Waals surface area (Å²) in [7, 11) is 1.09. The van der Waals surface area contributed by atoms with Gasteiger partial charge in [-0.2, -0.15) is 30.7 Å². The Balaban J connectivity index is 3.30. The second kappa shape index (κ2) is 5.47. The van der Waals surface area contributed by atoms with Crippen LogP contribution in [0.2, 0.25) is 0 Å². The molecule has 0 heterocycles. The predicted molar refractivity (Wildman–Crippen MR) is 61.0 cm³/mol. The fourth-order valence-corrected chi connectivity index (χ4v) is 1.71. The smallest absolute Gasteiger partial charge is 0.460 e. The van der Waals surface area contributed by atoms with E-state index in [1.807, 2.05) is 0 Å². The molecule has 1 rings (SSSR count). The van der Waals surface area contributed by atoms with E-state index in [-0.39, 0.29) is 10.2 Å². The summed E-state index contributed by atoms with van der Waals surface area (Å²) in [6.07, 6.45) is -6.56. The summed E-state index contributed by atoms with van der Waals surface area (Å²) in [6, 6.07) is 2.32. The van der Waals surface area contributed by atoms with Crippen molar-refractivity contribution in [3.05, 3.63) is 28.2 Å². The Morgan fingerprint density at radius 2 is 1.62 bits per heavy atom. The number of hydrogen-bond acceptors (Lipinski definition) is 2. The monoisotopic (exact) mass is 382 g/mol. The molecule has 118 valence electrons. The molecule has 0 saturated heterocycles. The fourth-order valence-electron chi connectivity index (χ4n) is 1.30. The average Bonchev–Trinajstić information content (AvgIpc) is 2.36. The van der Waals surface area contributed by atoms with Crippen molar-refractivity contribution in [1.82, 2.24) is 0 Å². The highest BCUT2D eigenvalue weighted by molar-refractivity contribution is 9.10. The van der Waals surface area contributed by atoms with Gasteiger partial charge in [0.1, 0.15) is 5.75 Å². The molecule has 0 aliphatic carbocycles. The molecule has 0 spiro atoms. The Bertz CT molecular complexity index is 554. The van der Waals surface area contributed by atoms with Gasteiger partial charge in [-0.1, -0.05) is 0 Å². The maximum absolute atomic E-state index is 13.2. The minimum absolute atomic E-state index is 0.174. The van der Waals surface area contributed by atoms with Crippen LogP contribution < -0.4 is 4.74 Å². The zero-order chi connectivity index (χ0) is 16.6. The zero-order valence-electron chi connectivity index (χ0n) is 10.1. The first-order valence-corrected chi connectivity index (χ1v) is 5.86. The number of ketones is 1. The highest BCUT2D eigenvalue weighted by Crippen LogP contribution is 2.48. The molecule has 0 fully saturated rings. The Labute approximate surface area is 122 Å². The molecule has 0 aromatic heterocycles. The third kappa shape index (κ3) is 2.99. The highest BCUT2D eigenvalue weighted by Gasteiger charge is 2.76. The van der Waals surface area contributed by atoms with Crippen molar-refractivity contribution in [2.45, 2.75) is 18.0 Å². The van der Waals surface area contributed by atoms with Gasteiger partial charge in [-0.25, -0.2) is 0 Å². The molecule has 0 bridgehead atoms. The highest BCUT2D eigenvalue weighted by atomic mass is 79.9. The largest absolute Gasteiger partial charge is 0.496 e. The lowest BCUT2D eigenvalue weighted by molar-refractivity contribution is -0.339. The standard InChI is InChI=1S/C11H6BrF7O2/c1-21-7-4-5(2-3-6(7)12)8(20)9(13,14)10(15,16)11(17,18)19/h2-4H,1H3. The third-order valence-corrected chi connectivity index (χ3v) is 3.10. The van der Waals surface area contributed by atoms with E-state index in [4.69, 9.17) is 0 Å². The Kier molecular flexibility index (Phi) is 4.62. The molecule has 0 N–H and O–H groups in total. The van der Waals surface area contributed by atoms with Gasteiger partial charge in [0.05, 0.1) is 11.6 Å². The number of carbonyl (C=O) groups is 1. The molecule has 0 atom stereocenters. The van der Waals surface area contributed by atoms with Crippen molar-refractivity contribution in [2.75, 3.05) is 7.11 Å². The fraction of sp³-hybridized carbons (Fsp3) is 0.364. The first-order chi connectivity index (χ1) is 9.36. The zero-order valence-corrected chi connectivity index (χ0v) is 11.7. The second-order valence-electron chi connectivity index (χ2n) is 3.82. The van der Waals surface area contributed by atoms with E-state index in [9.17, 15) is 35.5 Å². The number of alkyl halides is 7. The lowest BCUT2D eigenvalue weighted by atomic mass is 10.00. The van der Waals surface area contributed by atoms with Gasteiger partial charge in [0.15, 0.2) is 0 Å². The molecule has 0 aliphatic heterocycles. The van der Waals surface area contributed by atoms with Gasteiger partial charge in [-0.3, -0.25) is 4.79 Å². The number of methoxy groups -OCH3 is 1. The van der Waals surface area contributed by atoms with E-state index in [1.54, 1.807) is 0 Å². The summed E-state index contributed by atoms with van der Waals surface area (Å²) in [5.74, 6) is -15.3. The molecule has 1 aromatic carbocycles. The lowest BCUT2D eigenvalue weighted by Gasteiger charge is -2.27. The third-order valence-electron chi connectivity index (χ3n) is 2.45. The van der Waals surface area contributed by atoms with Crippen molar-refractivity contribution >= 4 is 21.7 Å². The van der Waals surface area contributed by atoms with Crippen LogP contribution in [0.3, 0.4) is 0 Å². The molecular formula is C11H6BrF7O2. The molecule has 0 radical (unpaired) electrons. The van der Waals surface area contributed by atoms with Gasteiger partial charge in [0.25, 0.3) is 0 Å². The van der Waals surface area contributed by atoms with Crippen LogP contribution in [0.1, 0.15) is 10.4 Å². The van der Waals surface area contributed by atoms with Crippen LogP contribution in [-0.4, -0.2) is 30.9 Å². The molecule has 0 saturated carbocycles. The van der Waals surface area contributed by atoms with Gasteiger partial charge in [-0.05, 0) is 34.1 Å². The maximum atomic E-state index is 13.2. The predicted octanol–water partition coefficient (Wildman–Crippen LogP) is 4.47. The molecule has 21 heavy (non-hydrogen) atoms. The summed E-state index contributed by atoms with van der Waals surface area (Å²) in [5.41, 5.74) is -1.04. The average molecular weight is 383 g/mol. The molecule has 1 aromatic rings. The number of ether oxygens (including phenoxy) is 1. The van der Waals surface area contributed by atoms with Crippen molar-refractivity contribution < 1.29 is 40.3 Å². The number of hydrogen-bond donors (Lipinski definition) is 0. The minimum atomic E-state index is -6.56. The molecule has 0 unspecified atom stereocenters. The van der Waals surface area contributed by atoms with Crippen LogP contribution in [0.4, 0.5) is 30.7 Å². The number of carbonyl (C=O) groups excluding carboxylic acids is 1. The van der Waals surface area contributed by atoms with Gasteiger partial charge < -0.3 is 4.74 Å². The molecule has 0 aliphatic rings. The van der Waals surface area contributed by atoms with Crippen molar-refractivity contribution in [3.8, 4) is 5.75 Å². The quantitative estimate of drug-likeness (QED) is 0.567. The van der Waals surface area contributed by atoms with E-state index < -0.39 is 29.4 Å². The van der Waals surface area contributed by atoms with Crippen LogP contribution in [0, 0.1) is 0 Å². The van der Waals surface area contributed by atoms with Gasteiger partial charge >= 0.3 is 18.0 Å². The Morgan fingerprint density at radius 1 is 1.10 bits per heavy atom. The van der Waals surface area contributed by atoms with Crippen molar-refractivity contribution in [1.29, 1.82) is 0 Å². The normalized spacial score (nSPS) is 13.2. The van der Waals surface area contributed by atoms with Gasteiger partial charge in [0.2, 0.25) is 5.78 Å². The van der Waals surface area contributed by atoms with Crippen molar-refractivity contribution in [2.24, 2.45) is 0 Å². The van der Waals surface area contributed by atoms with Crippen molar-refractivity contribution in [3.63, 3.8) is 0 Å². The van der Waals surface area contributed by atoms with Crippen LogP contribution in [0.25, 0.3) is 0 Å². The summed E-state index contributed by atoms with van der Waals surface area (Å²) in [5, 5.41) is 0.